The molecule has 0 radical (unpaired) electrons. The Morgan fingerprint density at radius 3 is 2.34 bits per heavy atom. The average Bonchev–Trinajstić information content (AvgIpc) is 3.70. The Balaban J connectivity index is 1.36. The third kappa shape index (κ3) is 2.69. The number of rotatable bonds is 1. The second kappa shape index (κ2) is 7.58. The van der Waals surface area contributed by atoms with Gasteiger partial charge in [-0.15, -0.1) is 0 Å². The molecule has 0 saturated carbocycles. The zero-order valence-corrected chi connectivity index (χ0v) is 22.0. The van der Waals surface area contributed by atoms with Crippen molar-refractivity contribution in [2.45, 2.75) is 6.42 Å². The predicted molar refractivity (Wildman–Crippen MR) is 168 cm³/mol. The molecule has 0 saturated heterocycles. The summed E-state index contributed by atoms with van der Waals surface area (Å²) in [6.45, 7) is 0. The molecule has 0 spiro atoms. The normalized spacial score (nSPS) is 12.8. The second-order valence-electron chi connectivity index (χ2n) is 11.1. The molecule has 190 valence electrons. The molecule has 1 aliphatic carbocycles. The maximum Gasteiger partial charge on any atom is 0.146 e. The molecule has 4 aromatic heterocycles. The van der Waals surface area contributed by atoms with E-state index in [9.17, 15) is 0 Å². The molecule has 0 fully saturated rings. The van der Waals surface area contributed by atoms with Crippen LogP contribution in [0.2, 0.25) is 0 Å². The first-order valence-corrected chi connectivity index (χ1v) is 14.1. The van der Waals surface area contributed by atoms with E-state index < -0.39 is 0 Å². The summed E-state index contributed by atoms with van der Waals surface area (Å²) >= 11 is 0. The summed E-state index contributed by atoms with van der Waals surface area (Å²) < 4.78 is 4.71. The average molecular weight is 523 g/mol. The van der Waals surface area contributed by atoms with Crippen molar-refractivity contribution in [1.82, 2.24) is 18.9 Å². The van der Waals surface area contributed by atoms with Gasteiger partial charge in [0.05, 0.1) is 27.6 Å². The van der Waals surface area contributed by atoms with Gasteiger partial charge in [0.1, 0.15) is 5.65 Å². The Hall–Kier alpha value is -5.48. The van der Waals surface area contributed by atoms with E-state index in [1.54, 1.807) is 0 Å². The van der Waals surface area contributed by atoms with Crippen molar-refractivity contribution < 1.29 is 0 Å². The van der Waals surface area contributed by atoms with Crippen LogP contribution in [0.3, 0.4) is 0 Å². The minimum Gasteiger partial charge on any atom is -0.309 e. The number of hydrogen-bond acceptors (Lipinski definition) is 2. The lowest BCUT2D eigenvalue weighted by Gasteiger charge is -2.12. The van der Waals surface area contributed by atoms with Crippen molar-refractivity contribution in [3.05, 3.63) is 133 Å². The fraction of sp³-hybridized carbons (Fsp3) is 0.0270. The topological polar surface area (TPSA) is 35.1 Å². The number of nitrogens with zero attached hydrogens (tertiary/aromatic N) is 4. The summed E-state index contributed by atoms with van der Waals surface area (Å²) in [5.41, 5.74) is 13.3. The molecule has 4 nitrogen and oxygen atoms in total. The van der Waals surface area contributed by atoms with Crippen molar-refractivity contribution >= 4 is 60.2 Å². The maximum atomic E-state index is 5.14. The van der Waals surface area contributed by atoms with Gasteiger partial charge in [-0.2, -0.15) is 0 Å². The third-order valence-electron chi connectivity index (χ3n) is 8.96. The lowest BCUT2D eigenvalue weighted by molar-refractivity contribution is 1.18. The molecular weight excluding hydrogens is 500 g/mol. The molecule has 0 atom stereocenters. The summed E-state index contributed by atoms with van der Waals surface area (Å²) in [6, 6.07) is 39.5. The Morgan fingerprint density at radius 2 is 1.41 bits per heavy atom. The number of fused-ring (bicyclic) bond motifs is 15. The van der Waals surface area contributed by atoms with Crippen LogP contribution in [-0.4, -0.2) is 18.9 Å². The van der Waals surface area contributed by atoms with Gasteiger partial charge in [-0.1, -0.05) is 54.6 Å². The van der Waals surface area contributed by atoms with Crippen LogP contribution in [-0.2, 0) is 6.42 Å². The van der Waals surface area contributed by atoms with E-state index in [-0.39, 0.29) is 0 Å². The van der Waals surface area contributed by atoms with Crippen LogP contribution in [0.15, 0.2) is 122 Å². The van der Waals surface area contributed by atoms with E-state index in [1.807, 2.05) is 12.4 Å². The van der Waals surface area contributed by atoms with E-state index in [2.05, 4.69) is 123 Å². The number of hydrogen-bond donors (Lipinski definition) is 0. The number of benzene rings is 5. The summed E-state index contributed by atoms with van der Waals surface area (Å²) in [5.74, 6) is 0. The highest BCUT2D eigenvalue weighted by Gasteiger charge is 2.26. The highest BCUT2D eigenvalue weighted by molar-refractivity contribution is 6.20. The van der Waals surface area contributed by atoms with Gasteiger partial charge in [-0.05, 0) is 88.7 Å². The van der Waals surface area contributed by atoms with Crippen LogP contribution >= 0.6 is 0 Å². The Morgan fingerprint density at radius 1 is 0.585 bits per heavy atom. The summed E-state index contributed by atoms with van der Waals surface area (Å²) in [4.78, 5) is 9.70. The molecule has 1 aliphatic rings. The van der Waals surface area contributed by atoms with E-state index in [0.717, 1.165) is 34.0 Å². The third-order valence-corrected chi connectivity index (χ3v) is 8.96. The van der Waals surface area contributed by atoms with E-state index in [4.69, 9.17) is 4.98 Å². The van der Waals surface area contributed by atoms with Crippen molar-refractivity contribution in [2.24, 2.45) is 0 Å². The highest BCUT2D eigenvalue weighted by atomic mass is 15.0. The largest absolute Gasteiger partial charge is 0.309 e. The first kappa shape index (κ1) is 21.4. The van der Waals surface area contributed by atoms with Gasteiger partial charge in [0, 0.05) is 39.6 Å². The molecule has 0 bridgehead atoms. The molecule has 0 unspecified atom stereocenters. The lowest BCUT2D eigenvalue weighted by Crippen LogP contribution is -1.93. The van der Waals surface area contributed by atoms with Crippen LogP contribution in [0.4, 0.5) is 0 Å². The van der Waals surface area contributed by atoms with Gasteiger partial charge in [0.15, 0.2) is 0 Å². The molecular formula is C37H22N4. The first-order valence-electron chi connectivity index (χ1n) is 14.1. The Kier molecular flexibility index (Phi) is 3.95. The fourth-order valence-corrected chi connectivity index (χ4v) is 7.29. The van der Waals surface area contributed by atoms with Gasteiger partial charge in [-0.25, -0.2) is 4.98 Å². The first-order chi connectivity index (χ1) is 20.3. The van der Waals surface area contributed by atoms with Crippen LogP contribution < -0.4 is 0 Å². The molecule has 0 aliphatic heterocycles. The van der Waals surface area contributed by atoms with Gasteiger partial charge in [0.25, 0.3) is 0 Å². The molecule has 9 aromatic rings. The zero-order valence-electron chi connectivity index (χ0n) is 22.0. The number of pyridine rings is 2. The highest BCUT2D eigenvalue weighted by Crippen LogP contribution is 2.48. The van der Waals surface area contributed by atoms with Crippen molar-refractivity contribution in [3.8, 4) is 16.8 Å². The van der Waals surface area contributed by atoms with Gasteiger partial charge < -0.3 is 4.57 Å². The monoisotopic (exact) mass is 522 g/mol. The summed E-state index contributed by atoms with van der Waals surface area (Å²) in [7, 11) is 0. The van der Waals surface area contributed by atoms with Crippen LogP contribution in [0, 0.1) is 0 Å². The van der Waals surface area contributed by atoms with Crippen molar-refractivity contribution in [2.75, 3.05) is 0 Å². The lowest BCUT2D eigenvalue weighted by atomic mass is 9.96. The number of para-hydroxylation sites is 4. The second-order valence-corrected chi connectivity index (χ2v) is 11.1. The van der Waals surface area contributed by atoms with E-state index in [0.29, 0.717) is 0 Å². The van der Waals surface area contributed by atoms with E-state index in [1.165, 1.54) is 60.5 Å². The van der Waals surface area contributed by atoms with Gasteiger partial charge in [-0.3, -0.25) is 9.38 Å². The Bertz CT molecular complexity index is 2550. The molecule has 41 heavy (non-hydrogen) atoms. The molecule has 4 heterocycles. The Labute approximate surface area is 234 Å². The van der Waals surface area contributed by atoms with E-state index >= 15 is 0 Å². The quantitative estimate of drug-likeness (QED) is 0.202. The van der Waals surface area contributed by atoms with Gasteiger partial charge in [0.2, 0.25) is 0 Å². The number of imidazole rings is 1. The standard InChI is InChI=1S/C37H22N4/c1-2-8-24(9-3-1)40-31-12-6-4-10-25(31)36-34(40)15-14-22-18-23-19-28-27(20-26(23)35(22)36)29-21-38-17-16-32(29)41-33-13-7-5-11-30(33)39-37(28)41/h1-17,19-21H,18H2. The summed E-state index contributed by atoms with van der Waals surface area (Å²) in [6.07, 6.45) is 4.81. The minimum absolute atomic E-state index is 0.916. The molecule has 4 heteroatoms. The molecule has 0 N–H and O–H groups in total. The smallest absolute Gasteiger partial charge is 0.146 e. The van der Waals surface area contributed by atoms with Crippen molar-refractivity contribution in [3.63, 3.8) is 0 Å². The van der Waals surface area contributed by atoms with Crippen LogP contribution in [0.25, 0.3) is 77.0 Å². The molecule has 10 rings (SSSR count). The SMILES string of the molecule is c1ccc(-n2c3ccccc3c3c4c(ccc32)Cc2cc3c(cc2-4)c2cnccc2n2c4ccccc4nc32)cc1. The van der Waals surface area contributed by atoms with Gasteiger partial charge >= 0.3 is 0 Å². The van der Waals surface area contributed by atoms with Crippen LogP contribution in [0.5, 0.6) is 0 Å². The minimum atomic E-state index is 0.916. The molecule has 5 aromatic carbocycles. The summed E-state index contributed by atoms with van der Waals surface area (Å²) in [5, 5.41) is 6.14. The zero-order chi connectivity index (χ0) is 26.7. The maximum absolute atomic E-state index is 5.14. The predicted octanol–water partition coefficient (Wildman–Crippen LogP) is 8.86. The van der Waals surface area contributed by atoms with Crippen LogP contribution in [0.1, 0.15) is 11.1 Å². The number of aromatic nitrogens is 4. The fourth-order valence-electron chi connectivity index (χ4n) is 7.29. The van der Waals surface area contributed by atoms with Crippen molar-refractivity contribution in [1.29, 1.82) is 0 Å². The molecule has 0 amide bonds.